The summed E-state index contributed by atoms with van der Waals surface area (Å²) in [5.74, 6) is 0. The molecule has 0 aliphatic heterocycles. The minimum atomic E-state index is -0.418. The SMILES string of the molecule is [CH2-][NH2+]CCNC(=O)OC(C)(C)C. The van der Waals surface area contributed by atoms with Crippen LogP contribution in [0.3, 0.4) is 0 Å². The number of carbonyl (C=O) groups is 1. The van der Waals surface area contributed by atoms with Crippen molar-refractivity contribution < 1.29 is 14.8 Å². The minimum Gasteiger partial charge on any atom is -0.477 e. The van der Waals surface area contributed by atoms with Gasteiger partial charge in [-0.1, -0.05) is 0 Å². The van der Waals surface area contributed by atoms with E-state index in [1.807, 2.05) is 20.8 Å². The third kappa shape index (κ3) is 7.34. The first kappa shape index (κ1) is 11.2. The molecular weight excluding hydrogens is 156 g/mol. The van der Waals surface area contributed by atoms with E-state index in [-0.39, 0.29) is 6.09 Å². The van der Waals surface area contributed by atoms with Gasteiger partial charge in [0.25, 0.3) is 0 Å². The van der Waals surface area contributed by atoms with Crippen LogP contribution in [0.1, 0.15) is 20.8 Å². The van der Waals surface area contributed by atoms with Gasteiger partial charge in [-0.25, -0.2) is 4.79 Å². The molecule has 0 aromatic carbocycles. The Balaban J connectivity index is 3.47. The summed E-state index contributed by atoms with van der Waals surface area (Å²) < 4.78 is 5.00. The number of carbonyl (C=O) groups excluding carboxylic acids is 1. The van der Waals surface area contributed by atoms with Crippen molar-refractivity contribution in [1.29, 1.82) is 0 Å². The monoisotopic (exact) mass is 174 g/mol. The molecule has 0 aliphatic rings. The second-order valence-electron chi connectivity index (χ2n) is 3.51. The van der Waals surface area contributed by atoms with E-state index in [1.165, 1.54) is 0 Å². The molecular formula is C8H18N2O2. The zero-order valence-corrected chi connectivity index (χ0v) is 8.02. The summed E-state index contributed by atoms with van der Waals surface area (Å²) in [6, 6.07) is 0. The van der Waals surface area contributed by atoms with Gasteiger partial charge in [-0.15, -0.1) is 0 Å². The van der Waals surface area contributed by atoms with Crippen molar-refractivity contribution in [2.75, 3.05) is 13.1 Å². The average Bonchev–Trinajstić information content (AvgIpc) is 1.84. The Morgan fingerprint density at radius 2 is 2.17 bits per heavy atom. The van der Waals surface area contributed by atoms with Crippen LogP contribution >= 0.6 is 0 Å². The molecule has 12 heavy (non-hydrogen) atoms. The van der Waals surface area contributed by atoms with E-state index in [0.29, 0.717) is 6.54 Å². The Labute approximate surface area is 73.7 Å². The van der Waals surface area contributed by atoms with Crippen molar-refractivity contribution in [1.82, 2.24) is 5.32 Å². The van der Waals surface area contributed by atoms with Crippen molar-refractivity contribution in [2.24, 2.45) is 0 Å². The van der Waals surface area contributed by atoms with Gasteiger partial charge in [-0.05, 0) is 20.8 Å². The fourth-order valence-corrected chi connectivity index (χ4v) is 0.590. The zero-order chi connectivity index (χ0) is 9.61. The molecule has 0 saturated carbocycles. The highest BCUT2D eigenvalue weighted by molar-refractivity contribution is 5.67. The Hall–Kier alpha value is -0.770. The van der Waals surface area contributed by atoms with Gasteiger partial charge in [0.1, 0.15) is 5.60 Å². The van der Waals surface area contributed by atoms with E-state index in [9.17, 15) is 4.79 Å². The molecule has 4 heteroatoms. The molecule has 1 amide bonds. The molecule has 3 N–H and O–H groups in total. The summed E-state index contributed by atoms with van der Waals surface area (Å²) in [4.78, 5) is 11.0. The molecule has 0 aromatic heterocycles. The van der Waals surface area contributed by atoms with E-state index in [1.54, 1.807) is 5.32 Å². The minimum absolute atomic E-state index is 0.371. The Bertz CT molecular complexity index is 140. The van der Waals surface area contributed by atoms with Gasteiger partial charge >= 0.3 is 6.09 Å². The van der Waals surface area contributed by atoms with Crippen LogP contribution in [0.5, 0.6) is 0 Å². The summed E-state index contributed by atoms with van der Waals surface area (Å²) >= 11 is 0. The summed E-state index contributed by atoms with van der Waals surface area (Å²) in [6.07, 6.45) is -0.371. The van der Waals surface area contributed by atoms with Gasteiger partial charge in [0.15, 0.2) is 0 Å². The molecule has 0 spiro atoms. The van der Waals surface area contributed by atoms with Gasteiger partial charge in [-0.3, -0.25) is 0 Å². The van der Waals surface area contributed by atoms with Crippen LogP contribution in [0.4, 0.5) is 4.79 Å². The molecule has 0 radical (unpaired) electrons. The molecule has 72 valence electrons. The predicted molar refractivity (Wildman–Crippen MR) is 46.4 cm³/mol. The topological polar surface area (TPSA) is 54.9 Å². The molecule has 0 saturated heterocycles. The number of hydrogen-bond donors (Lipinski definition) is 2. The lowest BCUT2D eigenvalue weighted by Gasteiger charge is -2.19. The lowest BCUT2D eigenvalue weighted by molar-refractivity contribution is -0.593. The number of ether oxygens (including phenoxy) is 1. The maximum Gasteiger partial charge on any atom is 0.407 e. The van der Waals surface area contributed by atoms with Gasteiger partial charge in [-0.2, -0.15) is 7.05 Å². The Kier molecular flexibility index (Phi) is 4.66. The van der Waals surface area contributed by atoms with Crippen LogP contribution in [0.25, 0.3) is 0 Å². The van der Waals surface area contributed by atoms with Crippen molar-refractivity contribution in [3.05, 3.63) is 7.05 Å². The van der Waals surface area contributed by atoms with Gasteiger partial charge in [0.05, 0.1) is 13.1 Å². The summed E-state index contributed by atoms with van der Waals surface area (Å²) in [5.41, 5.74) is -0.418. The van der Waals surface area contributed by atoms with Crippen LogP contribution in [-0.2, 0) is 4.74 Å². The maximum atomic E-state index is 11.0. The number of rotatable bonds is 3. The van der Waals surface area contributed by atoms with Crippen LogP contribution in [0.15, 0.2) is 0 Å². The standard InChI is InChI=1S/C8H18N2O2/c1-8(2,3)12-7(11)10-6-5-9-4/h4-6,9H2,1-3H3,(H,10,11). The molecule has 0 atom stereocenters. The Morgan fingerprint density at radius 3 is 2.58 bits per heavy atom. The van der Waals surface area contributed by atoms with Crippen LogP contribution in [0, 0.1) is 7.05 Å². The van der Waals surface area contributed by atoms with E-state index < -0.39 is 5.60 Å². The lowest BCUT2D eigenvalue weighted by atomic mass is 10.2. The molecule has 0 bridgehead atoms. The average molecular weight is 174 g/mol. The molecule has 0 unspecified atom stereocenters. The van der Waals surface area contributed by atoms with Gasteiger partial charge in [0, 0.05) is 0 Å². The summed E-state index contributed by atoms with van der Waals surface area (Å²) in [6.45, 7) is 6.85. The normalized spacial score (nSPS) is 11.0. The van der Waals surface area contributed by atoms with E-state index in [0.717, 1.165) is 6.54 Å². The predicted octanol–water partition coefficient (Wildman–Crippen LogP) is -0.134. The second kappa shape index (κ2) is 4.98. The number of hydrogen-bond acceptors (Lipinski definition) is 2. The maximum absolute atomic E-state index is 11.0. The molecule has 0 rings (SSSR count). The fourth-order valence-electron chi connectivity index (χ4n) is 0.590. The van der Waals surface area contributed by atoms with Crippen molar-refractivity contribution >= 4 is 6.09 Å². The van der Waals surface area contributed by atoms with E-state index in [4.69, 9.17) is 4.74 Å². The third-order valence-electron chi connectivity index (χ3n) is 1.02. The van der Waals surface area contributed by atoms with Crippen LogP contribution < -0.4 is 10.6 Å². The largest absolute Gasteiger partial charge is 0.477 e. The van der Waals surface area contributed by atoms with Crippen molar-refractivity contribution in [3.8, 4) is 0 Å². The number of alkyl carbamates (subject to hydrolysis) is 1. The van der Waals surface area contributed by atoms with Crippen LogP contribution in [0.2, 0.25) is 0 Å². The number of amides is 1. The van der Waals surface area contributed by atoms with Crippen molar-refractivity contribution in [3.63, 3.8) is 0 Å². The van der Waals surface area contributed by atoms with Crippen molar-refractivity contribution in [2.45, 2.75) is 26.4 Å². The highest BCUT2D eigenvalue weighted by Gasteiger charge is 2.15. The third-order valence-corrected chi connectivity index (χ3v) is 1.02. The first-order valence-electron chi connectivity index (χ1n) is 4.03. The molecule has 0 heterocycles. The van der Waals surface area contributed by atoms with E-state index >= 15 is 0 Å². The smallest absolute Gasteiger partial charge is 0.407 e. The lowest BCUT2D eigenvalue weighted by Crippen LogP contribution is -2.78. The molecule has 4 nitrogen and oxygen atoms in total. The molecule has 0 fully saturated rings. The fraction of sp³-hybridized carbons (Fsp3) is 0.750. The number of nitrogens with one attached hydrogen (secondary N) is 1. The molecule has 0 aromatic rings. The number of quaternary nitrogens is 1. The summed E-state index contributed by atoms with van der Waals surface area (Å²) in [5, 5.41) is 4.36. The first-order chi connectivity index (χ1) is 5.45. The van der Waals surface area contributed by atoms with Gasteiger partial charge < -0.3 is 15.4 Å². The van der Waals surface area contributed by atoms with E-state index in [2.05, 4.69) is 12.4 Å². The van der Waals surface area contributed by atoms with Gasteiger partial charge in [0.2, 0.25) is 0 Å². The number of nitrogens with two attached hydrogens (primary N) is 1. The molecule has 0 aliphatic carbocycles. The first-order valence-corrected chi connectivity index (χ1v) is 4.03. The highest BCUT2D eigenvalue weighted by Crippen LogP contribution is 2.05. The highest BCUT2D eigenvalue weighted by atomic mass is 16.6. The quantitative estimate of drug-likeness (QED) is 0.462. The Morgan fingerprint density at radius 1 is 1.58 bits per heavy atom. The zero-order valence-electron chi connectivity index (χ0n) is 8.02. The second-order valence-corrected chi connectivity index (χ2v) is 3.51. The summed E-state index contributed by atoms with van der Waals surface area (Å²) in [7, 11) is 3.54. The van der Waals surface area contributed by atoms with Crippen LogP contribution in [-0.4, -0.2) is 24.8 Å².